The van der Waals surface area contributed by atoms with Crippen LogP contribution in [0.15, 0.2) is 37.1 Å². The molecule has 1 aliphatic heterocycles. The number of aromatic nitrogens is 2. The molecule has 1 aliphatic carbocycles. The lowest BCUT2D eigenvalue weighted by atomic mass is 9.78. The highest BCUT2D eigenvalue weighted by Gasteiger charge is 2.35. The van der Waals surface area contributed by atoms with Crippen molar-refractivity contribution in [3.05, 3.63) is 53.9 Å². The Balaban J connectivity index is 1.51. The first-order valence-corrected chi connectivity index (χ1v) is 11.0. The Bertz CT molecular complexity index is 1030. The summed E-state index contributed by atoms with van der Waals surface area (Å²) in [5.74, 6) is 7.46. The molecule has 1 saturated carbocycles. The number of amides is 1. The molecule has 0 spiro atoms. The van der Waals surface area contributed by atoms with E-state index in [1.165, 1.54) is 12.8 Å². The average molecular weight is 435 g/mol. The number of primary amides is 1. The smallest absolute Gasteiger partial charge is 0.253 e. The van der Waals surface area contributed by atoms with Crippen molar-refractivity contribution in [2.45, 2.75) is 37.8 Å². The molecule has 2 aromatic rings. The fourth-order valence-electron chi connectivity index (χ4n) is 4.58. The molecular weight excluding hydrogens is 404 g/mol. The molecule has 4 rings (SSSR count). The van der Waals surface area contributed by atoms with E-state index in [2.05, 4.69) is 34.5 Å². The molecule has 1 aromatic heterocycles. The van der Waals surface area contributed by atoms with Gasteiger partial charge in [0, 0.05) is 37.0 Å². The van der Waals surface area contributed by atoms with Crippen LogP contribution in [0.25, 0.3) is 0 Å². The van der Waals surface area contributed by atoms with Gasteiger partial charge in [-0.15, -0.1) is 6.58 Å². The van der Waals surface area contributed by atoms with Crippen molar-refractivity contribution in [1.29, 1.82) is 0 Å². The Morgan fingerprint density at radius 2 is 1.81 bits per heavy atom. The van der Waals surface area contributed by atoms with Crippen LogP contribution < -0.4 is 15.2 Å². The molecular formula is C25H30N4O3. The summed E-state index contributed by atoms with van der Waals surface area (Å²) in [4.78, 5) is 14.6. The lowest BCUT2D eigenvalue weighted by Gasteiger charge is -2.46. The van der Waals surface area contributed by atoms with E-state index in [9.17, 15) is 4.79 Å². The number of likely N-dealkylation sites (tertiary alicyclic amines) is 1. The highest BCUT2D eigenvalue weighted by molar-refractivity contribution is 5.94. The topological polar surface area (TPSA) is 82.6 Å². The maximum Gasteiger partial charge on any atom is 0.253 e. The second-order valence-corrected chi connectivity index (χ2v) is 8.40. The van der Waals surface area contributed by atoms with Crippen LogP contribution in [0, 0.1) is 17.8 Å². The molecule has 1 amide bonds. The third-order valence-corrected chi connectivity index (χ3v) is 6.61. The number of rotatable bonds is 6. The van der Waals surface area contributed by atoms with E-state index in [0.29, 0.717) is 40.3 Å². The molecule has 0 bridgehead atoms. The molecule has 2 aliphatic rings. The molecule has 32 heavy (non-hydrogen) atoms. The van der Waals surface area contributed by atoms with Crippen molar-refractivity contribution in [1.82, 2.24) is 14.7 Å². The predicted molar refractivity (Wildman–Crippen MR) is 123 cm³/mol. The van der Waals surface area contributed by atoms with Gasteiger partial charge in [-0.1, -0.05) is 12.0 Å². The van der Waals surface area contributed by atoms with Gasteiger partial charge < -0.3 is 15.2 Å². The van der Waals surface area contributed by atoms with Gasteiger partial charge in [0.25, 0.3) is 5.91 Å². The minimum absolute atomic E-state index is 0.235. The zero-order valence-electron chi connectivity index (χ0n) is 18.7. The van der Waals surface area contributed by atoms with Crippen LogP contribution in [-0.4, -0.2) is 53.9 Å². The van der Waals surface area contributed by atoms with Crippen molar-refractivity contribution in [2.75, 3.05) is 27.3 Å². The first-order valence-electron chi connectivity index (χ1n) is 11.0. The summed E-state index contributed by atoms with van der Waals surface area (Å²) in [5, 5.41) is 4.64. The molecule has 168 valence electrons. The van der Waals surface area contributed by atoms with E-state index in [1.807, 2.05) is 16.8 Å². The van der Waals surface area contributed by atoms with Crippen LogP contribution in [0.1, 0.15) is 53.3 Å². The fraction of sp³-hybridized carbons (Fsp3) is 0.440. The van der Waals surface area contributed by atoms with Crippen LogP contribution in [0.5, 0.6) is 11.5 Å². The molecule has 1 saturated heterocycles. The van der Waals surface area contributed by atoms with E-state index in [4.69, 9.17) is 15.2 Å². The molecule has 2 unspecified atom stereocenters. The van der Waals surface area contributed by atoms with E-state index >= 15 is 0 Å². The Morgan fingerprint density at radius 3 is 2.34 bits per heavy atom. The third kappa shape index (κ3) is 4.51. The molecule has 7 heteroatoms. The number of hydrogen-bond donors (Lipinski definition) is 1. The normalized spacial score (nSPS) is 21.2. The molecule has 2 heterocycles. The van der Waals surface area contributed by atoms with Gasteiger partial charge in [-0.2, -0.15) is 5.10 Å². The van der Waals surface area contributed by atoms with Gasteiger partial charge in [-0.05, 0) is 49.7 Å². The molecule has 2 atom stereocenters. The fourth-order valence-corrected chi connectivity index (χ4v) is 4.58. The number of nitrogens with zero attached hydrogens (tertiary/aromatic N) is 3. The van der Waals surface area contributed by atoms with Gasteiger partial charge in [0.15, 0.2) is 0 Å². The quantitative estimate of drug-likeness (QED) is 0.558. The monoisotopic (exact) mass is 434 g/mol. The van der Waals surface area contributed by atoms with Crippen LogP contribution in [0.2, 0.25) is 0 Å². The van der Waals surface area contributed by atoms with E-state index in [1.54, 1.807) is 26.5 Å². The molecule has 0 radical (unpaired) electrons. The van der Waals surface area contributed by atoms with Crippen molar-refractivity contribution in [2.24, 2.45) is 11.7 Å². The van der Waals surface area contributed by atoms with Crippen molar-refractivity contribution >= 4 is 5.91 Å². The predicted octanol–water partition coefficient (Wildman–Crippen LogP) is 3.00. The number of carbonyl (C=O) groups excluding carboxylic acids is 1. The molecule has 2 N–H and O–H groups in total. The van der Waals surface area contributed by atoms with E-state index in [-0.39, 0.29) is 6.04 Å². The lowest BCUT2D eigenvalue weighted by Crippen LogP contribution is -2.49. The Labute approximate surface area is 189 Å². The highest BCUT2D eigenvalue weighted by Crippen LogP contribution is 2.36. The molecule has 2 fully saturated rings. The number of nitrogens with two attached hydrogens (primary N) is 1. The number of ether oxygens (including phenoxy) is 2. The lowest BCUT2D eigenvalue weighted by molar-refractivity contribution is 0.0539. The number of carbonyl (C=O) groups is 1. The van der Waals surface area contributed by atoms with Gasteiger partial charge in [0.05, 0.1) is 25.8 Å². The van der Waals surface area contributed by atoms with E-state index in [0.717, 1.165) is 25.9 Å². The van der Waals surface area contributed by atoms with Crippen molar-refractivity contribution < 1.29 is 14.3 Å². The second kappa shape index (κ2) is 9.49. The number of hydrogen-bond acceptors (Lipinski definition) is 5. The summed E-state index contributed by atoms with van der Waals surface area (Å²) in [6, 6.07) is 6.27. The van der Waals surface area contributed by atoms with Gasteiger partial charge in [0.1, 0.15) is 17.2 Å². The van der Waals surface area contributed by atoms with Gasteiger partial charge in [-0.3, -0.25) is 14.4 Å². The summed E-state index contributed by atoms with van der Waals surface area (Å²) in [6.45, 7) is 6.01. The van der Waals surface area contributed by atoms with Crippen LogP contribution in [0.4, 0.5) is 0 Å². The zero-order chi connectivity index (χ0) is 22.7. The minimum atomic E-state index is -0.524. The summed E-state index contributed by atoms with van der Waals surface area (Å²) in [7, 11) is 3.18. The third-order valence-electron chi connectivity index (χ3n) is 6.61. The SMILES string of the molecule is C=CC1CCC1N1CCC(n2cc(C(N)=O)c(C#Cc3cc(OC)cc(OC)c3)n2)CC1. The number of piperidine rings is 1. The first kappa shape index (κ1) is 22.0. The largest absolute Gasteiger partial charge is 0.497 e. The Kier molecular flexibility index (Phi) is 6.52. The van der Waals surface area contributed by atoms with Gasteiger partial charge >= 0.3 is 0 Å². The Morgan fingerprint density at radius 1 is 1.12 bits per heavy atom. The summed E-state index contributed by atoms with van der Waals surface area (Å²) in [5.41, 5.74) is 7.07. The second-order valence-electron chi connectivity index (χ2n) is 8.40. The molecule has 1 aromatic carbocycles. The van der Waals surface area contributed by atoms with Crippen LogP contribution in [-0.2, 0) is 0 Å². The number of methoxy groups -OCH3 is 2. The van der Waals surface area contributed by atoms with Crippen LogP contribution >= 0.6 is 0 Å². The molecule has 7 nitrogen and oxygen atoms in total. The zero-order valence-corrected chi connectivity index (χ0v) is 18.7. The van der Waals surface area contributed by atoms with Gasteiger partial charge in [-0.25, -0.2) is 0 Å². The number of benzene rings is 1. The summed E-state index contributed by atoms with van der Waals surface area (Å²) < 4.78 is 12.5. The van der Waals surface area contributed by atoms with Crippen LogP contribution in [0.3, 0.4) is 0 Å². The van der Waals surface area contributed by atoms with E-state index < -0.39 is 5.91 Å². The van der Waals surface area contributed by atoms with Crippen molar-refractivity contribution in [3.63, 3.8) is 0 Å². The standard InChI is InChI=1S/C25H30N4O3/c1-4-18-6-8-24(18)28-11-9-19(10-12-28)29-16-22(25(26)30)23(27-29)7-5-17-13-20(31-2)15-21(14-17)32-3/h4,13-16,18-19,24H,1,6,8-12H2,2-3H3,(H2,26,30). The maximum absolute atomic E-state index is 12.0. The van der Waals surface area contributed by atoms with Crippen molar-refractivity contribution in [3.8, 4) is 23.3 Å². The minimum Gasteiger partial charge on any atom is -0.497 e. The summed E-state index contributed by atoms with van der Waals surface area (Å²) >= 11 is 0. The maximum atomic E-state index is 12.0. The first-order chi connectivity index (χ1) is 15.5. The average Bonchev–Trinajstić information content (AvgIpc) is 3.22. The Hall–Kier alpha value is -3.24. The summed E-state index contributed by atoms with van der Waals surface area (Å²) in [6.07, 6.45) is 8.31. The van der Waals surface area contributed by atoms with Gasteiger partial charge in [0.2, 0.25) is 0 Å². The highest BCUT2D eigenvalue weighted by atomic mass is 16.5.